The summed E-state index contributed by atoms with van der Waals surface area (Å²) in [5.74, 6) is -0.507. The molecule has 1 N–H and O–H groups in total. The molecule has 8 heteroatoms. The van der Waals surface area contributed by atoms with E-state index in [1.807, 2.05) is 6.92 Å². The Morgan fingerprint density at radius 2 is 1.90 bits per heavy atom. The number of carbonyl (C=O) groups excluding carboxylic acids is 3. The molecule has 1 saturated heterocycles. The Morgan fingerprint density at radius 1 is 1.13 bits per heavy atom. The molecule has 0 spiro atoms. The summed E-state index contributed by atoms with van der Waals surface area (Å²) < 4.78 is 15.6. The van der Waals surface area contributed by atoms with Crippen molar-refractivity contribution in [3.8, 4) is 11.5 Å². The number of nitrogens with zero attached hydrogens (tertiary/aromatic N) is 1. The first-order valence-corrected chi connectivity index (χ1v) is 9.64. The zero-order valence-corrected chi connectivity index (χ0v) is 16.9. The van der Waals surface area contributed by atoms with Crippen LogP contribution in [0.3, 0.4) is 0 Å². The molecule has 0 bridgehead atoms. The Balaban J connectivity index is 1.51. The van der Waals surface area contributed by atoms with Crippen molar-refractivity contribution in [2.24, 2.45) is 5.92 Å². The van der Waals surface area contributed by atoms with Crippen molar-refractivity contribution in [1.82, 2.24) is 0 Å². The van der Waals surface area contributed by atoms with Gasteiger partial charge in [0, 0.05) is 30.4 Å². The highest BCUT2D eigenvalue weighted by atomic mass is 16.5. The van der Waals surface area contributed by atoms with Gasteiger partial charge in [0.1, 0.15) is 11.5 Å². The Hall–Kier alpha value is -3.55. The molecule has 0 aliphatic carbocycles. The van der Waals surface area contributed by atoms with Crippen molar-refractivity contribution in [3.05, 3.63) is 48.5 Å². The third-order valence-corrected chi connectivity index (χ3v) is 4.62. The van der Waals surface area contributed by atoms with Crippen molar-refractivity contribution in [2.75, 3.05) is 37.1 Å². The number of carbonyl (C=O) groups is 3. The third kappa shape index (κ3) is 5.28. The van der Waals surface area contributed by atoms with E-state index in [0.29, 0.717) is 29.5 Å². The summed E-state index contributed by atoms with van der Waals surface area (Å²) in [6.45, 7) is 2.24. The topological polar surface area (TPSA) is 94.2 Å². The molecule has 1 aliphatic heterocycles. The van der Waals surface area contributed by atoms with E-state index < -0.39 is 24.4 Å². The number of ether oxygens (including phenoxy) is 3. The highest BCUT2D eigenvalue weighted by molar-refractivity contribution is 6.00. The van der Waals surface area contributed by atoms with Crippen LogP contribution in [0.25, 0.3) is 0 Å². The molecular formula is C22H24N2O6. The second-order valence-corrected chi connectivity index (χ2v) is 6.72. The van der Waals surface area contributed by atoms with Gasteiger partial charge >= 0.3 is 5.97 Å². The van der Waals surface area contributed by atoms with E-state index in [-0.39, 0.29) is 18.9 Å². The van der Waals surface area contributed by atoms with Crippen LogP contribution in [-0.2, 0) is 19.1 Å². The predicted octanol–water partition coefficient (Wildman–Crippen LogP) is 2.63. The largest absolute Gasteiger partial charge is 0.497 e. The minimum Gasteiger partial charge on any atom is -0.497 e. The van der Waals surface area contributed by atoms with Gasteiger partial charge in [0.15, 0.2) is 6.61 Å². The fourth-order valence-electron chi connectivity index (χ4n) is 3.16. The average molecular weight is 412 g/mol. The number of rotatable bonds is 8. The SMILES string of the molecule is CCOc1ccc(N2C[C@H](C(=O)OCC(=O)Nc3cccc(OC)c3)CC2=O)cc1. The van der Waals surface area contributed by atoms with Crippen LogP contribution < -0.4 is 19.7 Å². The van der Waals surface area contributed by atoms with Gasteiger partial charge in [-0.15, -0.1) is 0 Å². The number of anilines is 2. The zero-order chi connectivity index (χ0) is 21.5. The molecule has 158 valence electrons. The van der Waals surface area contributed by atoms with E-state index >= 15 is 0 Å². The Labute approximate surface area is 174 Å². The third-order valence-electron chi connectivity index (χ3n) is 4.62. The summed E-state index contributed by atoms with van der Waals surface area (Å²) >= 11 is 0. The van der Waals surface area contributed by atoms with Crippen molar-refractivity contribution >= 4 is 29.2 Å². The molecule has 0 saturated carbocycles. The van der Waals surface area contributed by atoms with Crippen LogP contribution in [-0.4, -0.2) is 44.7 Å². The van der Waals surface area contributed by atoms with Gasteiger partial charge in [0.05, 0.1) is 19.6 Å². The smallest absolute Gasteiger partial charge is 0.311 e. The standard InChI is InChI=1S/C22H24N2O6/c1-3-29-18-9-7-17(8-10-18)24-13-15(11-21(24)26)22(27)30-14-20(25)23-16-5-4-6-19(12-16)28-2/h4-10,12,15H,3,11,13-14H2,1-2H3,(H,23,25)/t15-/m1/s1. The van der Waals surface area contributed by atoms with Gasteiger partial charge in [-0.25, -0.2) is 0 Å². The summed E-state index contributed by atoms with van der Waals surface area (Å²) in [6, 6.07) is 14.0. The van der Waals surface area contributed by atoms with Gasteiger partial charge in [-0.3, -0.25) is 14.4 Å². The molecule has 2 aromatic carbocycles. The van der Waals surface area contributed by atoms with E-state index in [1.54, 1.807) is 48.5 Å². The van der Waals surface area contributed by atoms with E-state index in [1.165, 1.54) is 12.0 Å². The molecule has 2 aromatic rings. The lowest BCUT2D eigenvalue weighted by atomic mass is 10.1. The maximum absolute atomic E-state index is 12.3. The predicted molar refractivity (Wildman–Crippen MR) is 111 cm³/mol. The van der Waals surface area contributed by atoms with Crippen LogP contribution in [0.15, 0.2) is 48.5 Å². The number of esters is 1. The van der Waals surface area contributed by atoms with Crippen LogP contribution in [0, 0.1) is 5.92 Å². The second kappa shape index (κ2) is 9.78. The molecule has 1 heterocycles. The highest BCUT2D eigenvalue weighted by Crippen LogP contribution is 2.27. The van der Waals surface area contributed by atoms with Crippen molar-refractivity contribution in [3.63, 3.8) is 0 Å². The minimum atomic E-state index is -0.617. The van der Waals surface area contributed by atoms with Crippen LogP contribution >= 0.6 is 0 Å². The lowest BCUT2D eigenvalue weighted by molar-refractivity contribution is -0.151. The monoisotopic (exact) mass is 412 g/mol. The lowest BCUT2D eigenvalue weighted by Gasteiger charge is -2.17. The molecule has 1 fully saturated rings. The van der Waals surface area contributed by atoms with Crippen LogP contribution in [0.4, 0.5) is 11.4 Å². The number of hydrogen-bond donors (Lipinski definition) is 1. The molecule has 1 aliphatic rings. The lowest BCUT2D eigenvalue weighted by Crippen LogP contribution is -2.28. The van der Waals surface area contributed by atoms with Crippen LogP contribution in [0.1, 0.15) is 13.3 Å². The number of benzene rings is 2. The fraction of sp³-hybridized carbons (Fsp3) is 0.318. The summed E-state index contributed by atoms with van der Waals surface area (Å²) in [5, 5.41) is 2.64. The van der Waals surface area contributed by atoms with Crippen molar-refractivity contribution in [2.45, 2.75) is 13.3 Å². The quantitative estimate of drug-likeness (QED) is 0.670. The van der Waals surface area contributed by atoms with Gasteiger partial charge < -0.3 is 24.4 Å². The molecule has 1 atom stereocenters. The van der Waals surface area contributed by atoms with Gasteiger partial charge in [0.2, 0.25) is 5.91 Å². The minimum absolute atomic E-state index is 0.0452. The highest BCUT2D eigenvalue weighted by Gasteiger charge is 2.36. The van der Waals surface area contributed by atoms with Gasteiger partial charge in [-0.05, 0) is 43.3 Å². The molecule has 0 unspecified atom stereocenters. The van der Waals surface area contributed by atoms with Crippen LogP contribution in [0.2, 0.25) is 0 Å². The van der Waals surface area contributed by atoms with Gasteiger partial charge in [0.25, 0.3) is 5.91 Å². The van der Waals surface area contributed by atoms with E-state index in [4.69, 9.17) is 14.2 Å². The Bertz CT molecular complexity index is 912. The molecular weight excluding hydrogens is 388 g/mol. The molecule has 2 amide bonds. The van der Waals surface area contributed by atoms with E-state index in [9.17, 15) is 14.4 Å². The van der Waals surface area contributed by atoms with Gasteiger partial charge in [-0.2, -0.15) is 0 Å². The molecule has 0 aromatic heterocycles. The van der Waals surface area contributed by atoms with E-state index in [0.717, 1.165) is 0 Å². The van der Waals surface area contributed by atoms with E-state index in [2.05, 4.69) is 5.32 Å². The number of amides is 2. The Kier molecular flexibility index (Phi) is 6.90. The molecule has 8 nitrogen and oxygen atoms in total. The first-order chi connectivity index (χ1) is 14.5. The Morgan fingerprint density at radius 3 is 2.60 bits per heavy atom. The average Bonchev–Trinajstić information content (AvgIpc) is 3.14. The summed E-state index contributed by atoms with van der Waals surface area (Å²) in [7, 11) is 1.53. The van der Waals surface area contributed by atoms with Crippen LogP contribution in [0.5, 0.6) is 11.5 Å². The first kappa shape index (κ1) is 21.2. The summed E-state index contributed by atoms with van der Waals surface area (Å²) in [4.78, 5) is 38.3. The number of methoxy groups -OCH3 is 1. The molecule has 30 heavy (non-hydrogen) atoms. The second-order valence-electron chi connectivity index (χ2n) is 6.72. The van der Waals surface area contributed by atoms with Gasteiger partial charge in [-0.1, -0.05) is 6.07 Å². The first-order valence-electron chi connectivity index (χ1n) is 9.64. The number of nitrogens with one attached hydrogen (secondary N) is 1. The summed E-state index contributed by atoms with van der Waals surface area (Å²) in [5.41, 5.74) is 1.22. The maximum atomic E-state index is 12.3. The molecule has 0 radical (unpaired) electrons. The maximum Gasteiger partial charge on any atom is 0.311 e. The van der Waals surface area contributed by atoms with Crippen molar-refractivity contribution in [1.29, 1.82) is 0 Å². The molecule has 3 rings (SSSR count). The zero-order valence-electron chi connectivity index (χ0n) is 16.9. The fourth-order valence-corrected chi connectivity index (χ4v) is 3.16. The van der Waals surface area contributed by atoms with Crippen molar-refractivity contribution < 1.29 is 28.6 Å². The number of hydrogen-bond acceptors (Lipinski definition) is 6. The summed E-state index contributed by atoms with van der Waals surface area (Å²) in [6.07, 6.45) is 0.0452. The normalized spacial score (nSPS) is 15.6.